The normalized spacial score (nSPS) is 11.5. The highest BCUT2D eigenvalue weighted by atomic mass is 14.9. The van der Waals surface area contributed by atoms with Crippen LogP contribution in [0.25, 0.3) is 88.1 Å². The fourth-order valence-corrected chi connectivity index (χ4v) is 6.73. The summed E-state index contributed by atoms with van der Waals surface area (Å²) in [5.74, 6) is 0.729. The average molecular weight is 585 g/mol. The summed E-state index contributed by atoms with van der Waals surface area (Å²) in [5, 5.41) is 9.63. The van der Waals surface area contributed by atoms with Crippen LogP contribution in [0.4, 0.5) is 0 Å². The lowest BCUT2D eigenvalue weighted by Gasteiger charge is -2.15. The van der Waals surface area contributed by atoms with Gasteiger partial charge in [0.25, 0.3) is 0 Å². The van der Waals surface area contributed by atoms with E-state index in [0.29, 0.717) is 0 Å². The van der Waals surface area contributed by atoms with E-state index in [-0.39, 0.29) is 0 Å². The molecule has 0 bridgehead atoms. The second kappa shape index (κ2) is 10.8. The largest absolute Gasteiger partial charge is 0.228 e. The van der Waals surface area contributed by atoms with Gasteiger partial charge in [-0.2, -0.15) is 0 Å². The Balaban J connectivity index is 1.26. The van der Waals surface area contributed by atoms with Gasteiger partial charge in [-0.1, -0.05) is 152 Å². The van der Waals surface area contributed by atoms with E-state index in [2.05, 4.69) is 164 Å². The molecule has 8 aromatic carbocycles. The maximum atomic E-state index is 5.31. The number of benzene rings is 8. The Bertz CT molecular complexity index is 2570. The fourth-order valence-electron chi connectivity index (χ4n) is 6.73. The van der Waals surface area contributed by atoms with Gasteiger partial charge in [-0.15, -0.1) is 0 Å². The quantitative estimate of drug-likeness (QED) is 0.152. The maximum absolute atomic E-state index is 5.31. The first-order chi connectivity index (χ1) is 22.8. The number of hydrogen-bond donors (Lipinski definition) is 0. The van der Waals surface area contributed by atoms with E-state index in [1.165, 1.54) is 43.4 Å². The molecule has 0 aliphatic heterocycles. The summed E-state index contributed by atoms with van der Waals surface area (Å²) in [7, 11) is 0. The molecule has 9 aromatic rings. The Morgan fingerprint density at radius 2 is 0.848 bits per heavy atom. The van der Waals surface area contributed by atoms with Gasteiger partial charge in [-0.05, 0) is 72.4 Å². The molecule has 9 rings (SSSR count). The molecule has 2 nitrogen and oxygen atoms in total. The number of fused-ring (bicyclic) bond motifs is 5. The summed E-state index contributed by atoms with van der Waals surface area (Å²) >= 11 is 0. The van der Waals surface area contributed by atoms with Gasteiger partial charge in [0.05, 0.1) is 11.4 Å². The Labute approximate surface area is 267 Å². The first-order valence-electron chi connectivity index (χ1n) is 15.7. The summed E-state index contributed by atoms with van der Waals surface area (Å²) in [4.78, 5) is 10.6. The van der Waals surface area contributed by atoms with E-state index in [0.717, 1.165) is 44.7 Å². The topological polar surface area (TPSA) is 25.8 Å². The summed E-state index contributed by atoms with van der Waals surface area (Å²) in [5.41, 5.74) is 7.37. The van der Waals surface area contributed by atoms with Crippen molar-refractivity contribution in [2.45, 2.75) is 0 Å². The van der Waals surface area contributed by atoms with E-state index in [1.54, 1.807) is 0 Å². The first-order valence-corrected chi connectivity index (χ1v) is 15.7. The first kappa shape index (κ1) is 26.3. The Morgan fingerprint density at radius 1 is 0.283 bits per heavy atom. The zero-order chi connectivity index (χ0) is 30.5. The van der Waals surface area contributed by atoms with Gasteiger partial charge in [0, 0.05) is 16.7 Å². The van der Waals surface area contributed by atoms with Crippen LogP contribution in [-0.4, -0.2) is 9.97 Å². The van der Waals surface area contributed by atoms with Gasteiger partial charge in [-0.25, -0.2) is 9.97 Å². The van der Waals surface area contributed by atoms with Crippen LogP contribution in [0.3, 0.4) is 0 Å². The van der Waals surface area contributed by atoms with Crippen molar-refractivity contribution in [3.05, 3.63) is 170 Å². The highest BCUT2D eigenvalue weighted by molar-refractivity contribution is 6.19. The molecule has 1 aromatic heterocycles. The number of aromatic nitrogens is 2. The minimum absolute atomic E-state index is 0.729. The molecule has 214 valence electrons. The van der Waals surface area contributed by atoms with Crippen LogP contribution in [0.2, 0.25) is 0 Å². The highest BCUT2D eigenvalue weighted by Crippen LogP contribution is 2.39. The Hall–Kier alpha value is -6.12. The van der Waals surface area contributed by atoms with Crippen molar-refractivity contribution in [1.29, 1.82) is 0 Å². The molecule has 1 heterocycles. The Morgan fingerprint density at radius 3 is 1.63 bits per heavy atom. The van der Waals surface area contributed by atoms with Gasteiger partial charge in [-0.3, -0.25) is 0 Å². The molecule has 2 heteroatoms. The minimum atomic E-state index is 0.729. The van der Waals surface area contributed by atoms with Gasteiger partial charge in [0.2, 0.25) is 0 Å². The zero-order valence-corrected chi connectivity index (χ0v) is 25.1. The van der Waals surface area contributed by atoms with Crippen molar-refractivity contribution < 1.29 is 0 Å². The molecule has 0 atom stereocenters. The zero-order valence-electron chi connectivity index (χ0n) is 25.1. The van der Waals surface area contributed by atoms with E-state index in [4.69, 9.17) is 9.97 Å². The van der Waals surface area contributed by atoms with Crippen molar-refractivity contribution >= 4 is 43.1 Å². The van der Waals surface area contributed by atoms with Crippen LogP contribution in [0.15, 0.2) is 170 Å². The van der Waals surface area contributed by atoms with E-state index >= 15 is 0 Å². The molecular weight excluding hydrogens is 556 g/mol. The van der Waals surface area contributed by atoms with Crippen LogP contribution in [0.5, 0.6) is 0 Å². The third-order valence-electron chi connectivity index (χ3n) is 9.05. The molecule has 0 N–H and O–H groups in total. The van der Waals surface area contributed by atoms with E-state index in [9.17, 15) is 0 Å². The van der Waals surface area contributed by atoms with Crippen molar-refractivity contribution in [1.82, 2.24) is 9.97 Å². The molecule has 0 amide bonds. The van der Waals surface area contributed by atoms with Gasteiger partial charge in [0.15, 0.2) is 5.82 Å². The third kappa shape index (κ3) is 4.51. The van der Waals surface area contributed by atoms with Crippen LogP contribution in [0.1, 0.15) is 0 Å². The predicted molar refractivity (Wildman–Crippen MR) is 194 cm³/mol. The highest BCUT2D eigenvalue weighted by Gasteiger charge is 2.17. The predicted octanol–water partition coefficient (Wildman–Crippen LogP) is 11.8. The van der Waals surface area contributed by atoms with Crippen molar-refractivity contribution in [2.75, 3.05) is 0 Å². The van der Waals surface area contributed by atoms with Gasteiger partial charge in [0.1, 0.15) is 0 Å². The molecular formula is C44H28N2. The maximum Gasteiger partial charge on any atom is 0.161 e. The Kier molecular flexibility index (Phi) is 6.17. The lowest BCUT2D eigenvalue weighted by Crippen LogP contribution is -1.98. The summed E-state index contributed by atoms with van der Waals surface area (Å²) < 4.78 is 0. The molecule has 0 spiro atoms. The van der Waals surface area contributed by atoms with Gasteiger partial charge < -0.3 is 0 Å². The molecule has 0 aliphatic carbocycles. The second-order valence-electron chi connectivity index (χ2n) is 11.8. The van der Waals surface area contributed by atoms with Crippen LogP contribution >= 0.6 is 0 Å². The summed E-state index contributed by atoms with van der Waals surface area (Å²) in [6.45, 7) is 0. The summed E-state index contributed by atoms with van der Waals surface area (Å²) in [6.07, 6.45) is 0. The van der Waals surface area contributed by atoms with Crippen LogP contribution in [-0.2, 0) is 0 Å². The number of nitrogens with zero attached hydrogens (tertiary/aromatic N) is 2. The molecule has 0 saturated heterocycles. The molecule has 0 radical (unpaired) electrons. The molecule has 0 fully saturated rings. The summed E-state index contributed by atoms with van der Waals surface area (Å²) in [6, 6.07) is 60.4. The molecule has 0 unspecified atom stereocenters. The fraction of sp³-hybridized carbons (Fsp3) is 0. The molecule has 0 saturated carbocycles. The van der Waals surface area contributed by atoms with Crippen molar-refractivity contribution in [3.63, 3.8) is 0 Å². The SMILES string of the molecule is c1ccc(-c2cc(-c3ccc(-c4ccc5ccccc5c4)cc3)nc(-c3c4ccccc4cc4c3ccc3ccccc34)n2)cc1. The lowest BCUT2D eigenvalue weighted by molar-refractivity contribution is 1.19. The lowest BCUT2D eigenvalue weighted by atomic mass is 9.92. The second-order valence-corrected chi connectivity index (χ2v) is 11.8. The number of rotatable bonds is 4. The van der Waals surface area contributed by atoms with Crippen LogP contribution in [0, 0.1) is 0 Å². The minimum Gasteiger partial charge on any atom is -0.228 e. The van der Waals surface area contributed by atoms with E-state index < -0.39 is 0 Å². The average Bonchev–Trinajstić information content (AvgIpc) is 3.14. The molecule has 0 aliphatic rings. The van der Waals surface area contributed by atoms with Crippen molar-refractivity contribution in [3.8, 4) is 45.0 Å². The number of hydrogen-bond acceptors (Lipinski definition) is 2. The monoisotopic (exact) mass is 584 g/mol. The van der Waals surface area contributed by atoms with Crippen LogP contribution < -0.4 is 0 Å². The molecule has 46 heavy (non-hydrogen) atoms. The van der Waals surface area contributed by atoms with Crippen molar-refractivity contribution in [2.24, 2.45) is 0 Å². The van der Waals surface area contributed by atoms with E-state index in [1.807, 2.05) is 6.07 Å². The van der Waals surface area contributed by atoms with Gasteiger partial charge >= 0.3 is 0 Å². The third-order valence-corrected chi connectivity index (χ3v) is 9.05. The standard InChI is InChI=1S/C44H28N2/c1-2-12-32(13-3-1)41-28-42(33-21-18-30(19-22-33)35-23-20-29-10-4-5-14-34(29)26-35)46-44(45-41)43-38-17-9-7-15-36(38)27-40-37-16-8-6-11-31(37)24-25-39(40)43/h1-28H. The smallest absolute Gasteiger partial charge is 0.161 e.